The standard InChI is InChI=1S/C25H22N8O2/c26-22-24-29-23(20-7-4-14-35-20)30-33(24)16-19(28-22)17-5-3-6-18(15-17)25(34)32-12-10-31(11-13-32)21-8-1-2-9-27-21/h1-9,14-16H,10-13H2,(H2,26,28). The van der Waals surface area contributed by atoms with Crippen molar-refractivity contribution in [2.45, 2.75) is 0 Å². The quantitative estimate of drug-likeness (QED) is 0.429. The zero-order valence-corrected chi connectivity index (χ0v) is 18.8. The van der Waals surface area contributed by atoms with Gasteiger partial charge in [-0.2, -0.15) is 0 Å². The Bertz CT molecular complexity index is 1490. The molecule has 4 aromatic heterocycles. The molecule has 1 aromatic carbocycles. The van der Waals surface area contributed by atoms with Crippen molar-refractivity contribution in [3.8, 4) is 22.8 Å². The van der Waals surface area contributed by atoms with E-state index in [1.54, 1.807) is 35.3 Å². The summed E-state index contributed by atoms with van der Waals surface area (Å²) in [4.78, 5) is 30.7. The van der Waals surface area contributed by atoms with Crippen LogP contribution in [-0.2, 0) is 0 Å². The third-order valence-corrected chi connectivity index (χ3v) is 6.03. The second kappa shape index (κ2) is 8.56. The summed E-state index contributed by atoms with van der Waals surface area (Å²) < 4.78 is 6.97. The van der Waals surface area contributed by atoms with Crippen LogP contribution >= 0.6 is 0 Å². The minimum absolute atomic E-state index is 0.0116. The highest BCUT2D eigenvalue weighted by Gasteiger charge is 2.23. The van der Waals surface area contributed by atoms with Crippen molar-refractivity contribution in [3.05, 3.63) is 78.8 Å². The van der Waals surface area contributed by atoms with E-state index in [9.17, 15) is 4.79 Å². The number of rotatable bonds is 4. The number of nitrogens with two attached hydrogens (primary N) is 1. The molecule has 0 unspecified atom stereocenters. The van der Waals surface area contributed by atoms with Crippen molar-refractivity contribution in [2.75, 3.05) is 36.8 Å². The van der Waals surface area contributed by atoms with Gasteiger partial charge in [0.15, 0.2) is 17.2 Å². The predicted molar refractivity (Wildman–Crippen MR) is 131 cm³/mol. The Morgan fingerprint density at radius 2 is 1.86 bits per heavy atom. The number of carbonyl (C=O) groups is 1. The number of carbonyl (C=O) groups excluding carboxylic acids is 1. The molecule has 10 heteroatoms. The minimum atomic E-state index is -0.0116. The highest BCUT2D eigenvalue weighted by molar-refractivity contribution is 5.95. The van der Waals surface area contributed by atoms with Crippen molar-refractivity contribution in [1.29, 1.82) is 0 Å². The van der Waals surface area contributed by atoms with Gasteiger partial charge in [-0.25, -0.2) is 19.5 Å². The number of hydrogen-bond donors (Lipinski definition) is 1. The summed E-state index contributed by atoms with van der Waals surface area (Å²) in [6.45, 7) is 2.74. The molecule has 35 heavy (non-hydrogen) atoms. The first-order chi connectivity index (χ1) is 17.2. The number of furan rings is 1. The Morgan fingerprint density at radius 3 is 2.63 bits per heavy atom. The number of nitrogens with zero attached hydrogens (tertiary/aromatic N) is 7. The second-order valence-corrected chi connectivity index (χ2v) is 8.24. The minimum Gasteiger partial charge on any atom is -0.461 e. The number of aromatic nitrogens is 5. The molecule has 174 valence electrons. The van der Waals surface area contributed by atoms with Crippen molar-refractivity contribution < 1.29 is 9.21 Å². The topological polar surface area (TPSA) is 119 Å². The predicted octanol–water partition coefficient (Wildman–Crippen LogP) is 2.99. The highest BCUT2D eigenvalue weighted by Crippen LogP contribution is 2.24. The fraction of sp³-hybridized carbons (Fsp3) is 0.160. The van der Waals surface area contributed by atoms with Crippen molar-refractivity contribution >= 4 is 23.2 Å². The summed E-state index contributed by atoms with van der Waals surface area (Å²) in [6.07, 6.45) is 5.10. The van der Waals surface area contributed by atoms with Crippen LogP contribution in [0.25, 0.3) is 28.5 Å². The van der Waals surface area contributed by atoms with Gasteiger partial charge in [0.2, 0.25) is 5.82 Å². The average molecular weight is 467 g/mol. The Kier molecular flexibility index (Phi) is 5.10. The Labute approximate surface area is 200 Å². The SMILES string of the molecule is Nc1nc(-c2cccc(C(=O)N3CCN(c4ccccn4)CC3)c2)cn2nc(-c3ccco3)nc12. The molecule has 0 saturated carbocycles. The van der Waals surface area contributed by atoms with Crippen LogP contribution in [0, 0.1) is 0 Å². The molecule has 1 amide bonds. The van der Waals surface area contributed by atoms with Gasteiger partial charge in [0.25, 0.3) is 5.91 Å². The van der Waals surface area contributed by atoms with E-state index in [1.807, 2.05) is 47.4 Å². The van der Waals surface area contributed by atoms with Crippen LogP contribution < -0.4 is 10.6 Å². The first kappa shape index (κ1) is 20.8. The summed E-state index contributed by atoms with van der Waals surface area (Å²) in [7, 11) is 0. The van der Waals surface area contributed by atoms with Gasteiger partial charge in [0, 0.05) is 43.5 Å². The lowest BCUT2D eigenvalue weighted by Gasteiger charge is -2.35. The number of anilines is 2. The van der Waals surface area contributed by atoms with Crippen LogP contribution in [0.5, 0.6) is 0 Å². The van der Waals surface area contributed by atoms with Crippen LogP contribution in [0.3, 0.4) is 0 Å². The van der Waals surface area contributed by atoms with Crippen LogP contribution in [0.15, 0.2) is 77.7 Å². The van der Waals surface area contributed by atoms with Gasteiger partial charge in [0.05, 0.1) is 18.2 Å². The van der Waals surface area contributed by atoms with E-state index in [0.29, 0.717) is 41.6 Å². The first-order valence-electron chi connectivity index (χ1n) is 11.3. The van der Waals surface area contributed by atoms with Gasteiger partial charge < -0.3 is 20.0 Å². The summed E-state index contributed by atoms with van der Waals surface area (Å²) in [5.41, 5.74) is 8.60. The van der Waals surface area contributed by atoms with E-state index in [4.69, 9.17) is 10.2 Å². The lowest BCUT2D eigenvalue weighted by atomic mass is 10.1. The third kappa shape index (κ3) is 3.95. The lowest BCUT2D eigenvalue weighted by molar-refractivity contribution is 0.0746. The normalized spacial score (nSPS) is 13.9. The molecule has 0 spiro atoms. The maximum atomic E-state index is 13.2. The average Bonchev–Trinajstić information content (AvgIpc) is 3.59. The summed E-state index contributed by atoms with van der Waals surface area (Å²) >= 11 is 0. The van der Waals surface area contributed by atoms with Crippen molar-refractivity contribution in [3.63, 3.8) is 0 Å². The Hall–Kier alpha value is -4.73. The molecule has 0 bridgehead atoms. The highest BCUT2D eigenvalue weighted by atomic mass is 16.3. The van der Waals surface area contributed by atoms with E-state index in [-0.39, 0.29) is 11.7 Å². The molecule has 1 saturated heterocycles. The first-order valence-corrected chi connectivity index (χ1v) is 11.3. The zero-order chi connectivity index (χ0) is 23.8. The van der Waals surface area contributed by atoms with Gasteiger partial charge in [-0.15, -0.1) is 5.10 Å². The van der Waals surface area contributed by atoms with Crippen LogP contribution in [-0.4, -0.2) is 61.6 Å². The molecule has 0 radical (unpaired) electrons. The molecule has 0 atom stereocenters. The number of hydrogen-bond acceptors (Lipinski definition) is 8. The number of fused-ring (bicyclic) bond motifs is 1. The lowest BCUT2D eigenvalue weighted by Crippen LogP contribution is -2.49. The number of amides is 1. The fourth-order valence-electron chi connectivity index (χ4n) is 4.24. The smallest absolute Gasteiger partial charge is 0.253 e. The molecule has 5 aromatic rings. The number of nitrogen functional groups attached to an aromatic ring is 1. The molecule has 1 aliphatic rings. The molecule has 10 nitrogen and oxygen atoms in total. The Morgan fingerprint density at radius 1 is 0.971 bits per heavy atom. The molecule has 1 fully saturated rings. The summed E-state index contributed by atoms with van der Waals surface area (Å²) in [5.74, 6) is 2.14. The van der Waals surface area contributed by atoms with Crippen molar-refractivity contribution in [1.82, 2.24) is 29.5 Å². The van der Waals surface area contributed by atoms with E-state index in [2.05, 4.69) is 25.0 Å². The van der Waals surface area contributed by atoms with Crippen LogP contribution in [0.4, 0.5) is 11.6 Å². The number of pyridine rings is 1. The van der Waals surface area contributed by atoms with Crippen LogP contribution in [0.1, 0.15) is 10.4 Å². The second-order valence-electron chi connectivity index (χ2n) is 8.24. The van der Waals surface area contributed by atoms with E-state index < -0.39 is 0 Å². The van der Waals surface area contributed by atoms with Crippen LogP contribution in [0.2, 0.25) is 0 Å². The summed E-state index contributed by atoms with van der Waals surface area (Å²) in [5, 5.41) is 4.47. The summed E-state index contributed by atoms with van der Waals surface area (Å²) in [6, 6.07) is 16.8. The zero-order valence-electron chi connectivity index (χ0n) is 18.8. The van der Waals surface area contributed by atoms with E-state index in [1.165, 1.54) is 0 Å². The molecule has 5 heterocycles. The molecule has 0 aliphatic carbocycles. The molecule has 6 rings (SSSR count). The largest absolute Gasteiger partial charge is 0.461 e. The Balaban J connectivity index is 1.23. The molecular formula is C25H22N8O2. The van der Waals surface area contributed by atoms with Gasteiger partial charge in [-0.3, -0.25) is 4.79 Å². The van der Waals surface area contributed by atoms with Crippen molar-refractivity contribution in [2.24, 2.45) is 0 Å². The molecular weight excluding hydrogens is 444 g/mol. The fourth-order valence-corrected chi connectivity index (χ4v) is 4.24. The van der Waals surface area contributed by atoms with Gasteiger partial charge in [0.1, 0.15) is 5.82 Å². The number of piperazine rings is 1. The van der Waals surface area contributed by atoms with Gasteiger partial charge >= 0.3 is 0 Å². The maximum Gasteiger partial charge on any atom is 0.253 e. The molecule has 1 aliphatic heterocycles. The maximum absolute atomic E-state index is 13.2. The monoisotopic (exact) mass is 466 g/mol. The number of benzene rings is 1. The molecule has 2 N–H and O–H groups in total. The van der Waals surface area contributed by atoms with E-state index >= 15 is 0 Å². The van der Waals surface area contributed by atoms with E-state index in [0.717, 1.165) is 24.5 Å². The van der Waals surface area contributed by atoms with Gasteiger partial charge in [-0.05, 0) is 36.4 Å². The van der Waals surface area contributed by atoms with Gasteiger partial charge in [-0.1, -0.05) is 18.2 Å². The third-order valence-electron chi connectivity index (χ3n) is 6.03.